The van der Waals surface area contributed by atoms with Gasteiger partial charge in [0, 0.05) is 11.9 Å². The van der Waals surface area contributed by atoms with E-state index in [1.807, 2.05) is 12.1 Å². The fraction of sp³-hybridized carbons (Fsp3) is 0.417. The van der Waals surface area contributed by atoms with Gasteiger partial charge in [-0.3, -0.25) is 9.80 Å². The third-order valence-electron chi connectivity index (χ3n) is 2.12. The van der Waals surface area contributed by atoms with E-state index in [1.165, 1.54) is 11.9 Å². The van der Waals surface area contributed by atoms with Crippen LogP contribution in [0.5, 0.6) is 0 Å². The highest BCUT2D eigenvalue weighted by Gasteiger charge is 2.04. The van der Waals surface area contributed by atoms with Crippen LogP contribution in [0.25, 0.3) is 0 Å². The number of nitrogens with two attached hydrogens (primary N) is 1. The molecular weight excluding hydrogens is 236 g/mol. The number of amides is 1. The molecule has 1 aromatic rings. The van der Waals surface area contributed by atoms with Gasteiger partial charge in [0.1, 0.15) is 6.61 Å². The number of benzene rings is 1. The molecule has 0 saturated carbocycles. The Morgan fingerprint density at radius 3 is 2.59 bits per heavy atom. The van der Waals surface area contributed by atoms with Gasteiger partial charge >= 0.3 is 0 Å². The third kappa shape index (κ3) is 5.21. The largest absolute Gasteiger partial charge is 0.367 e. The molecule has 4 nitrogen and oxygen atoms in total. The van der Waals surface area contributed by atoms with Crippen LogP contribution in [0.4, 0.5) is 0 Å². The van der Waals surface area contributed by atoms with E-state index in [1.54, 1.807) is 11.8 Å². The van der Waals surface area contributed by atoms with Crippen LogP contribution in [0.15, 0.2) is 29.2 Å². The van der Waals surface area contributed by atoms with Crippen LogP contribution in [0.2, 0.25) is 0 Å². The summed E-state index contributed by atoms with van der Waals surface area (Å²) in [5.74, 6) is 6.10. The lowest BCUT2D eigenvalue weighted by molar-refractivity contribution is -0.135. The molecule has 2 N–H and O–H groups in total. The van der Waals surface area contributed by atoms with Crippen molar-refractivity contribution in [1.82, 2.24) is 5.01 Å². The lowest BCUT2D eigenvalue weighted by Gasteiger charge is -2.10. The topological polar surface area (TPSA) is 55.6 Å². The van der Waals surface area contributed by atoms with Crippen LogP contribution in [0, 0.1) is 0 Å². The van der Waals surface area contributed by atoms with Crippen molar-refractivity contribution >= 4 is 17.7 Å². The van der Waals surface area contributed by atoms with Gasteiger partial charge in [0.2, 0.25) is 0 Å². The molecule has 1 aromatic carbocycles. The quantitative estimate of drug-likeness (QED) is 0.363. The van der Waals surface area contributed by atoms with Crippen molar-refractivity contribution in [2.24, 2.45) is 5.84 Å². The Morgan fingerprint density at radius 2 is 2.06 bits per heavy atom. The molecule has 0 aliphatic carbocycles. The standard InChI is InChI=1S/C12H18N2O2S/c1-3-17-11-6-4-10(5-7-11)8-16-9-12(15)14(2)13/h4-7H,3,8-9,13H2,1-2H3. The molecule has 1 rings (SSSR count). The van der Waals surface area contributed by atoms with Crippen LogP contribution in [-0.2, 0) is 16.1 Å². The Morgan fingerprint density at radius 1 is 1.41 bits per heavy atom. The highest BCUT2D eigenvalue weighted by molar-refractivity contribution is 7.99. The molecular formula is C12H18N2O2S. The average Bonchev–Trinajstić information content (AvgIpc) is 2.31. The number of rotatable bonds is 6. The van der Waals surface area contributed by atoms with Crippen molar-refractivity contribution in [2.75, 3.05) is 19.4 Å². The van der Waals surface area contributed by atoms with E-state index >= 15 is 0 Å². The summed E-state index contributed by atoms with van der Waals surface area (Å²) in [5, 5.41) is 1.03. The van der Waals surface area contributed by atoms with Crippen molar-refractivity contribution in [3.8, 4) is 0 Å². The Labute approximate surface area is 106 Å². The predicted molar refractivity (Wildman–Crippen MR) is 69.5 cm³/mol. The summed E-state index contributed by atoms with van der Waals surface area (Å²) in [6, 6.07) is 8.14. The monoisotopic (exact) mass is 254 g/mol. The molecule has 0 aliphatic heterocycles. The molecule has 0 radical (unpaired) electrons. The summed E-state index contributed by atoms with van der Waals surface area (Å²) in [6.07, 6.45) is 0. The molecule has 0 fully saturated rings. The summed E-state index contributed by atoms with van der Waals surface area (Å²) >= 11 is 1.80. The van der Waals surface area contributed by atoms with Crippen LogP contribution >= 0.6 is 11.8 Å². The minimum Gasteiger partial charge on any atom is -0.367 e. The van der Waals surface area contributed by atoms with Crippen molar-refractivity contribution in [2.45, 2.75) is 18.4 Å². The Balaban J connectivity index is 2.34. The van der Waals surface area contributed by atoms with E-state index in [4.69, 9.17) is 10.6 Å². The van der Waals surface area contributed by atoms with Gasteiger partial charge in [-0.1, -0.05) is 19.1 Å². The molecule has 0 atom stereocenters. The van der Waals surface area contributed by atoms with Crippen LogP contribution in [0.3, 0.4) is 0 Å². The van der Waals surface area contributed by atoms with Crippen LogP contribution < -0.4 is 5.84 Å². The lowest BCUT2D eigenvalue weighted by atomic mass is 10.2. The number of thioether (sulfide) groups is 1. The number of carbonyl (C=O) groups excluding carboxylic acids is 1. The van der Waals surface area contributed by atoms with Gasteiger partial charge in [0.15, 0.2) is 0 Å². The smallest absolute Gasteiger partial charge is 0.262 e. The number of likely N-dealkylation sites (N-methyl/N-ethyl adjacent to an activating group) is 1. The van der Waals surface area contributed by atoms with E-state index in [0.29, 0.717) is 6.61 Å². The number of ether oxygens (including phenoxy) is 1. The first-order valence-electron chi connectivity index (χ1n) is 5.44. The van der Waals surface area contributed by atoms with Gasteiger partial charge in [-0.2, -0.15) is 0 Å². The zero-order valence-electron chi connectivity index (χ0n) is 10.2. The van der Waals surface area contributed by atoms with Gasteiger partial charge in [-0.25, -0.2) is 5.84 Å². The molecule has 0 unspecified atom stereocenters. The first-order chi connectivity index (χ1) is 8.13. The molecule has 1 amide bonds. The van der Waals surface area contributed by atoms with E-state index in [0.717, 1.165) is 16.3 Å². The van der Waals surface area contributed by atoms with E-state index in [9.17, 15) is 4.79 Å². The summed E-state index contributed by atoms with van der Waals surface area (Å²) in [5.41, 5.74) is 1.05. The van der Waals surface area contributed by atoms with Gasteiger partial charge in [0.25, 0.3) is 5.91 Å². The number of hydrogen-bond donors (Lipinski definition) is 1. The minimum absolute atomic E-state index is 0.0124. The maximum Gasteiger partial charge on any atom is 0.262 e. The van der Waals surface area contributed by atoms with E-state index in [2.05, 4.69) is 19.1 Å². The fourth-order valence-corrected chi connectivity index (χ4v) is 1.87. The second kappa shape index (κ2) is 7.32. The second-order valence-corrected chi connectivity index (χ2v) is 4.91. The maximum absolute atomic E-state index is 11.1. The van der Waals surface area contributed by atoms with Gasteiger partial charge in [0.05, 0.1) is 6.61 Å². The number of nitrogens with zero attached hydrogens (tertiary/aromatic N) is 1. The van der Waals surface area contributed by atoms with Crippen molar-refractivity contribution in [3.05, 3.63) is 29.8 Å². The number of carbonyl (C=O) groups is 1. The third-order valence-corrected chi connectivity index (χ3v) is 3.02. The molecule has 5 heteroatoms. The van der Waals surface area contributed by atoms with Crippen molar-refractivity contribution in [1.29, 1.82) is 0 Å². The van der Waals surface area contributed by atoms with Gasteiger partial charge in [-0.05, 0) is 23.4 Å². The average molecular weight is 254 g/mol. The number of hydrazine groups is 1. The summed E-state index contributed by atoms with van der Waals surface area (Å²) in [6.45, 7) is 2.56. The molecule has 0 heterocycles. The highest BCUT2D eigenvalue weighted by Crippen LogP contribution is 2.17. The Bertz CT molecular complexity index is 352. The van der Waals surface area contributed by atoms with Crippen LogP contribution in [0.1, 0.15) is 12.5 Å². The Hall–Kier alpha value is -1.04. The molecule has 0 bridgehead atoms. The molecule has 0 aromatic heterocycles. The highest BCUT2D eigenvalue weighted by atomic mass is 32.2. The molecule has 17 heavy (non-hydrogen) atoms. The van der Waals surface area contributed by atoms with Crippen molar-refractivity contribution < 1.29 is 9.53 Å². The molecule has 0 spiro atoms. The second-order valence-electron chi connectivity index (χ2n) is 3.57. The van der Waals surface area contributed by atoms with Crippen molar-refractivity contribution in [3.63, 3.8) is 0 Å². The van der Waals surface area contributed by atoms with Gasteiger partial charge < -0.3 is 4.74 Å². The normalized spacial score (nSPS) is 10.3. The zero-order valence-corrected chi connectivity index (χ0v) is 11.0. The molecule has 94 valence electrons. The first kappa shape index (κ1) is 14.0. The predicted octanol–water partition coefficient (Wildman–Crippen LogP) is 1.65. The molecule has 0 saturated heterocycles. The Kier molecular flexibility index (Phi) is 6.04. The zero-order chi connectivity index (χ0) is 12.7. The minimum atomic E-state index is -0.233. The number of hydrogen-bond acceptors (Lipinski definition) is 4. The summed E-state index contributed by atoms with van der Waals surface area (Å²) in [4.78, 5) is 12.4. The van der Waals surface area contributed by atoms with Gasteiger partial charge in [-0.15, -0.1) is 11.8 Å². The fourth-order valence-electron chi connectivity index (χ4n) is 1.21. The first-order valence-corrected chi connectivity index (χ1v) is 6.42. The maximum atomic E-state index is 11.1. The SMILES string of the molecule is CCSc1ccc(COCC(=O)N(C)N)cc1. The lowest BCUT2D eigenvalue weighted by Crippen LogP contribution is -2.35. The summed E-state index contributed by atoms with van der Waals surface area (Å²) in [7, 11) is 1.50. The van der Waals surface area contributed by atoms with E-state index < -0.39 is 0 Å². The molecule has 0 aliphatic rings. The van der Waals surface area contributed by atoms with Crippen LogP contribution in [-0.4, -0.2) is 30.3 Å². The summed E-state index contributed by atoms with van der Waals surface area (Å²) < 4.78 is 5.26. The van der Waals surface area contributed by atoms with E-state index in [-0.39, 0.29) is 12.5 Å².